The summed E-state index contributed by atoms with van der Waals surface area (Å²) in [6.45, 7) is 5.10. The number of nitrogens with zero attached hydrogens (tertiary/aromatic N) is 2. The molecule has 1 aromatic carbocycles. The zero-order chi connectivity index (χ0) is 18.7. The van der Waals surface area contributed by atoms with Crippen molar-refractivity contribution >= 4 is 40.8 Å². The lowest BCUT2D eigenvalue weighted by Gasteiger charge is -2.13. The van der Waals surface area contributed by atoms with Gasteiger partial charge in [-0.25, -0.2) is 0 Å². The molecule has 0 spiro atoms. The maximum absolute atomic E-state index is 5.68. The molecule has 2 N–H and O–H groups in total. The van der Waals surface area contributed by atoms with Crippen LogP contribution >= 0.6 is 24.0 Å². The second-order valence-corrected chi connectivity index (χ2v) is 6.91. The van der Waals surface area contributed by atoms with Gasteiger partial charge < -0.3 is 24.7 Å². The van der Waals surface area contributed by atoms with Crippen LogP contribution in [0.1, 0.15) is 25.7 Å². The minimum absolute atomic E-state index is 0. The summed E-state index contributed by atoms with van der Waals surface area (Å²) in [5, 5.41) is 8.02. The van der Waals surface area contributed by atoms with Gasteiger partial charge in [-0.2, -0.15) is 0 Å². The van der Waals surface area contributed by atoms with Crippen LogP contribution in [0.5, 0.6) is 0 Å². The van der Waals surface area contributed by atoms with Crippen LogP contribution in [0.4, 0.5) is 0 Å². The summed E-state index contributed by atoms with van der Waals surface area (Å²) < 4.78 is 13.5. The number of hydrogen-bond acceptors (Lipinski definition) is 3. The van der Waals surface area contributed by atoms with Gasteiger partial charge in [0.25, 0.3) is 0 Å². The number of nitrogens with one attached hydrogen (secondary N) is 2. The summed E-state index contributed by atoms with van der Waals surface area (Å²) >= 11 is 0. The number of fused-ring (bicyclic) bond motifs is 1. The van der Waals surface area contributed by atoms with E-state index in [9.17, 15) is 0 Å². The second-order valence-electron chi connectivity index (χ2n) is 6.91. The summed E-state index contributed by atoms with van der Waals surface area (Å²) in [6, 6.07) is 10.7. The number of halogens is 1. The third-order valence-electron chi connectivity index (χ3n) is 4.86. The molecule has 28 heavy (non-hydrogen) atoms. The SMILES string of the molecule is CN=C(NCCCOCC1CCCO1)NCCCn1ccc2ccccc21.I. The smallest absolute Gasteiger partial charge is 0.190 e. The molecule has 3 rings (SSSR count). The highest BCUT2D eigenvalue weighted by molar-refractivity contribution is 14.0. The standard InChI is InChI=1S/C21H32N4O2.HI/c1-22-21(24-12-6-15-26-17-19-8-4-16-27-19)23-11-5-13-25-14-10-18-7-2-3-9-20(18)25;/h2-3,7,9-10,14,19H,4-6,8,11-13,15-17H2,1H3,(H2,22,23,24);1H. The number of ether oxygens (including phenoxy) is 2. The van der Waals surface area contributed by atoms with Crippen molar-refractivity contribution in [1.82, 2.24) is 15.2 Å². The van der Waals surface area contributed by atoms with Crippen molar-refractivity contribution in [3.63, 3.8) is 0 Å². The Hall–Kier alpha value is -1.32. The minimum atomic E-state index is 0. The van der Waals surface area contributed by atoms with Gasteiger partial charge in [0.05, 0.1) is 12.7 Å². The van der Waals surface area contributed by atoms with Crippen molar-refractivity contribution in [2.24, 2.45) is 4.99 Å². The van der Waals surface area contributed by atoms with Crippen LogP contribution in [0.3, 0.4) is 0 Å². The van der Waals surface area contributed by atoms with Gasteiger partial charge in [0.2, 0.25) is 0 Å². The van der Waals surface area contributed by atoms with E-state index in [0.29, 0.717) is 6.10 Å². The zero-order valence-corrected chi connectivity index (χ0v) is 19.1. The van der Waals surface area contributed by atoms with E-state index in [-0.39, 0.29) is 24.0 Å². The van der Waals surface area contributed by atoms with Crippen LogP contribution in [0.25, 0.3) is 10.9 Å². The molecule has 156 valence electrons. The number of aliphatic imine (C=N–C) groups is 1. The Morgan fingerprint density at radius 2 is 2.04 bits per heavy atom. The average Bonchev–Trinajstić information content (AvgIpc) is 3.36. The van der Waals surface area contributed by atoms with Gasteiger partial charge in [0.1, 0.15) is 0 Å². The van der Waals surface area contributed by atoms with Gasteiger partial charge >= 0.3 is 0 Å². The largest absolute Gasteiger partial charge is 0.379 e. The van der Waals surface area contributed by atoms with Crippen LogP contribution in [0.2, 0.25) is 0 Å². The maximum atomic E-state index is 5.68. The van der Waals surface area contributed by atoms with Crippen LogP contribution < -0.4 is 10.6 Å². The number of guanidine groups is 1. The van der Waals surface area contributed by atoms with E-state index in [2.05, 4.69) is 56.7 Å². The van der Waals surface area contributed by atoms with Crippen LogP contribution in [-0.2, 0) is 16.0 Å². The predicted molar refractivity (Wildman–Crippen MR) is 126 cm³/mol. The van der Waals surface area contributed by atoms with E-state index in [0.717, 1.165) is 71.1 Å². The quantitative estimate of drug-likeness (QED) is 0.227. The van der Waals surface area contributed by atoms with Crippen molar-refractivity contribution in [1.29, 1.82) is 0 Å². The Morgan fingerprint density at radius 3 is 2.82 bits per heavy atom. The number of aryl methyl sites for hydroxylation is 1. The summed E-state index contributed by atoms with van der Waals surface area (Å²) in [4.78, 5) is 4.28. The molecule has 1 saturated heterocycles. The molecule has 1 atom stereocenters. The third kappa shape index (κ3) is 7.25. The van der Waals surface area contributed by atoms with E-state index in [4.69, 9.17) is 9.47 Å². The van der Waals surface area contributed by atoms with Crippen LogP contribution in [0, 0.1) is 0 Å². The van der Waals surface area contributed by atoms with E-state index in [1.165, 1.54) is 10.9 Å². The minimum Gasteiger partial charge on any atom is -0.379 e. The van der Waals surface area contributed by atoms with Gasteiger partial charge in [-0.3, -0.25) is 4.99 Å². The molecule has 0 saturated carbocycles. The molecule has 0 amide bonds. The number of benzene rings is 1. The average molecular weight is 500 g/mol. The fraction of sp³-hybridized carbons (Fsp3) is 0.571. The van der Waals surface area contributed by atoms with Crippen molar-refractivity contribution in [3.05, 3.63) is 36.5 Å². The number of para-hydroxylation sites is 1. The molecular weight excluding hydrogens is 467 g/mol. The highest BCUT2D eigenvalue weighted by Crippen LogP contribution is 2.15. The number of aromatic nitrogens is 1. The molecule has 2 aromatic rings. The topological polar surface area (TPSA) is 59.8 Å². The third-order valence-corrected chi connectivity index (χ3v) is 4.86. The fourth-order valence-corrected chi connectivity index (χ4v) is 3.38. The molecule has 1 aromatic heterocycles. The van der Waals surface area contributed by atoms with Gasteiger partial charge in [0.15, 0.2) is 5.96 Å². The molecule has 0 aliphatic carbocycles. The molecule has 1 aliphatic rings. The molecule has 6 nitrogen and oxygen atoms in total. The molecule has 0 bridgehead atoms. The molecule has 0 radical (unpaired) electrons. The lowest BCUT2D eigenvalue weighted by atomic mass is 10.2. The molecule has 1 fully saturated rings. The predicted octanol–water partition coefficient (Wildman–Crippen LogP) is 3.40. The second kappa shape index (κ2) is 13.0. The van der Waals surface area contributed by atoms with Gasteiger partial charge in [-0.15, -0.1) is 24.0 Å². The van der Waals surface area contributed by atoms with Crippen LogP contribution in [-0.4, -0.2) is 56.6 Å². The normalized spacial score (nSPS) is 16.9. The Labute approximate surface area is 185 Å². The monoisotopic (exact) mass is 500 g/mol. The first kappa shape index (κ1) is 23.0. The molecule has 2 heterocycles. The summed E-state index contributed by atoms with van der Waals surface area (Å²) in [5.41, 5.74) is 1.29. The Kier molecular flexibility index (Phi) is 10.7. The van der Waals surface area contributed by atoms with Crippen molar-refractivity contribution < 1.29 is 9.47 Å². The first-order valence-electron chi connectivity index (χ1n) is 10.0. The fourth-order valence-electron chi connectivity index (χ4n) is 3.38. The van der Waals surface area contributed by atoms with Gasteiger partial charge in [-0.1, -0.05) is 18.2 Å². The molecular formula is C21H33IN4O2. The number of rotatable bonds is 10. The molecule has 1 aliphatic heterocycles. The van der Waals surface area contributed by atoms with E-state index >= 15 is 0 Å². The summed E-state index contributed by atoms with van der Waals surface area (Å²) in [7, 11) is 1.81. The maximum Gasteiger partial charge on any atom is 0.190 e. The molecule has 1 unspecified atom stereocenters. The van der Waals surface area contributed by atoms with Crippen LogP contribution in [0.15, 0.2) is 41.5 Å². The highest BCUT2D eigenvalue weighted by Gasteiger charge is 2.14. The zero-order valence-electron chi connectivity index (χ0n) is 16.7. The molecule has 7 heteroatoms. The van der Waals surface area contributed by atoms with E-state index < -0.39 is 0 Å². The summed E-state index contributed by atoms with van der Waals surface area (Å²) in [6.07, 6.45) is 6.78. The number of hydrogen-bond donors (Lipinski definition) is 2. The Balaban J connectivity index is 0.00000280. The van der Waals surface area contributed by atoms with E-state index in [1.54, 1.807) is 0 Å². The van der Waals surface area contributed by atoms with Gasteiger partial charge in [0, 0.05) is 51.6 Å². The van der Waals surface area contributed by atoms with Crippen molar-refractivity contribution in [2.75, 3.05) is 40.0 Å². The van der Waals surface area contributed by atoms with Crippen molar-refractivity contribution in [2.45, 2.75) is 38.3 Å². The van der Waals surface area contributed by atoms with E-state index in [1.807, 2.05) is 7.05 Å². The van der Waals surface area contributed by atoms with Gasteiger partial charge in [-0.05, 0) is 43.2 Å². The lowest BCUT2D eigenvalue weighted by Crippen LogP contribution is -2.38. The first-order chi connectivity index (χ1) is 13.4. The first-order valence-corrected chi connectivity index (χ1v) is 10.0. The highest BCUT2D eigenvalue weighted by atomic mass is 127. The van der Waals surface area contributed by atoms with Crippen molar-refractivity contribution in [3.8, 4) is 0 Å². The Morgan fingerprint density at radius 1 is 1.21 bits per heavy atom. The summed E-state index contributed by atoms with van der Waals surface area (Å²) in [5.74, 6) is 0.853. The Bertz CT molecular complexity index is 713. The lowest BCUT2D eigenvalue weighted by molar-refractivity contribution is 0.0168.